The number of pyridine rings is 1. The minimum atomic E-state index is -0.419. The Morgan fingerprint density at radius 1 is 1.25 bits per heavy atom. The molecular formula is C16H25N3O. The van der Waals surface area contributed by atoms with Gasteiger partial charge in [-0.1, -0.05) is 34.6 Å². The summed E-state index contributed by atoms with van der Waals surface area (Å²) in [6, 6.07) is 5.44. The van der Waals surface area contributed by atoms with Gasteiger partial charge in [-0.2, -0.15) is 5.26 Å². The molecular weight excluding hydrogens is 250 g/mol. The summed E-state index contributed by atoms with van der Waals surface area (Å²) in [5.41, 5.74) is 6.62. The van der Waals surface area contributed by atoms with Gasteiger partial charge in [0.2, 0.25) is 0 Å². The molecule has 0 atom stereocenters. The predicted molar refractivity (Wildman–Crippen MR) is 81.6 cm³/mol. The van der Waals surface area contributed by atoms with Crippen LogP contribution >= 0.6 is 0 Å². The highest BCUT2D eigenvalue weighted by atomic mass is 16.1. The molecule has 0 aliphatic heterocycles. The molecule has 4 heteroatoms. The van der Waals surface area contributed by atoms with Gasteiger partial charge in [-0.05, 0) is 25.0 Å². The van der Waals surface area contributed by atoms with E-state index in [4.69, 9.17) is 11.0 Å². The first-order valence-electron chi connectivity index (χ1n) is 7.12. The molecule has 1 rings (SSSR count). The number of aromatic nitrogens is 1. The lowest BCUT2D eigenvalue weighted by molar-refractivity contribution is 0.321. The zero-order valence-electron chi connectivity index (χ0n) is 13.2. The zero-order valence-corrected chi connectivity index (χ0v) is 13.2. The van der Waals surface area contributed by atoms with Crippen molar-refractivity contribution in [2.75, 3.05) is 0 Å². The Labute approximate surface area is 121 Å². The Kier molecular flexibility index (Phi) is 4.77. The van der Waals surface area contributed by atoms with Crippen LogP contribution in [0.4, 0.5) is 0 Å². The van der Waals surface area contributed by atoms with E-state index in [0.717, 1.165) is 18.5 Å². The van der Waals surface area contributed by atoms with Crippen molar-refractivity contribution in [3.05, 3.63) is 33.7 Å². The van der Waals surface area contributed by atoms with Crippen LogP contribution in [0.5, 0.6) is 0 Å². The molecule has 0 unspecified atom stereocenters. The molecule has 0 fully saturated rings. The van der Waals surface area contributed by atoms with Crippen LogP contribution in [0, 0.1) is 11.3 Å². The van der Waals surface area contributed by atoms with E-state index >= 15 is 0 Å². The lowest BCUT2D eigenvalue weighted by atomic mass is 9.88. The third-order valence-electron chi connectivity index (χ3n) is 3.94. The third-order valence-corrected chi connectivity index (χ3v) is 3.94. The molecule has 4 nitrogen and oxygen atoms in total. The normalized spacial score (nSPS) is 12.2. The van der Waals surface area contributed by atoms with Gasteiger partial charge < -0.3 is 10.3 Å². The highest BCUT2D eigenvalue weighted by Gasteiger charge is 2.26. The van der Waals surface area contributed by atoms with E-state index in [-0.39, 0.29) is 16.5 Å². The smallest absolute Gasteiger partial charge is 0.268 e. The number of nitriles is 1. The van der Waals surface area contributed by atoms with Crippen LogP contribution in [0.15, 0.2) is 16.9 Å². The average molecular weight is 275 g/mol. The minimum Gasteiger partial charge on any atom is -0.324 e. The van der Waals surface area contributed by atoms with Crippen molar-refractivity contribution in [3.63, 3.8) is 0 Å². The molecule has 0 radical (unpaired) electrons. The summed E-state index contributed by atoms with van der Waals surface area (Å²) in [6.07, 6.45) is 1.58. The quantitative estimate of drug-likeness (QED) is 0.917. The van der Waals surface area contributed by atoms with Crippen molar-refractivity contribution in [2.24, 2.45) is 5.73 Å². The largest absolute Gasteiger partial charge is 0.324 e. The number of rotatable bonds is 4. The van der Waals surface area contributed by atoms with Gasteiger partial charge >= 0.3 is 0 Å². The van der Waals surface area contributed by atoms with Crippen LogP contribution < -0.4 is 11.3 Å². The maximum absolute atomic E-state index is 12.5. The van der Waals surface area contributed by atoms with Crippen molar-refractivity contribution in [2.45, 2.75) is 65.0 Å². The fourth-order valence-electron chi connectivity index (χ4n) is 2.26. The zero-order chi connectivity index (χ0) is 15.6. The first-order valence-corrected chi connectivity index (χ1v) is 7.12. The highest BCUT2D eigenvalue weighted by molar-refractivity contribution is 5.30. The molecule has 0 amide bonds. The summed E-state index contributed by atoms with van der Waals surface area (Å²) in [6.45, 7) is 10.7. The number of hydrogen-bond donors (Lipinski definition) is 1. The number of nitrogens with two attached hydrogens (primary N) is 1. The number of nitrogens with zero attached hydrogens (tertiary/aromatic N) is 2. The Morgan fingerprint density at radius 3 is 2.20 bits per heavy atom. The van der Waals surface area contributed by atoms with Gasteiger partial charge in [-0.15, -0.1) is 0 Å². The van der Waals surface area contributed by atoms with Crippen LogP contribution in [0.25, 0.3) is 0 Å². The van der Waals surface area contributed by atoms with Crippen molar-refractivity contribution in [3.8, 4) is 6.07 Å². The second kappa shape index (κ2) is 5.80. The molecule has 0 aliphatic carbocycles. The van der Waals surface area contributed by atoms with E-state index < -0.39 is 5.54 Å². The summed E-state index contributed by atoms with van der Waals surface area (Å²) in [5.74, 6) is 0. The monoisotopic (exact) mass is 275 g/mol. The Balaban J connectivity index is 3.50. The fraction of sp³-hybridized carbons (Fsp3) is 0.625. The summed E-state index contributed by atoms with van der Waals surface area (Å²) in [4.78, 5) is 12.5. The lowest BCUT2D eigenvalue weighted by Crippen LogP contribution is -2.47. The van der Waals surface area contributed by atoms with Crippen LogP contribution in [-0.4, -0.2) is 10.1 Å². The van der Waals surface area contributed by atoms with E-state index in [1.165, 1.54) is 0 Å². The summed E-state index contributed by atoms with van der Waals surface area (Å²) >= 11 is 0. The van der Waals surface area contributed by atoms with Gasteiger partial charge in [-0.25, -0.2) is 0 Å². The molecule has 1 aromatic heterocycles. The van der Waals surface area contributed by atoms with Crippen molar-refractivity contribution >= 4 is 0 Å². The van der Waals surface area contributed by atoms with Crippen molar-refractivity contribution < 1.29 is 0 Å². The van der Waals surface area contributed by atoms with Gasteiger partial charge in [-0.3, -0.25) is 4.79 Å². The van der Waals surface area contributed by atoms with Crippen LogP contribution in [0.2, 0.25) is 0 Å². The molecule has 20 heavy (non-hydrogen) atoms. The Morgan fingerprint density at radius 2 is 1.80 bits per heavy atom. The van der Waals surface area contributed by atoms with Gasteiger partial charge in [0, 0.05) is 23.2 Å². The maximum atomic E-state index is 12.5. The average Bonchev–Trinajstić information content (AvgIpc) is 2.39. The molecule has 0 spiro atoms. The molecule has 1 heterocycles. The van der Waals surface area contributed by atoms with E-state index in [9.17, 15) is 4.79 Å². The molecule has 2 N–H and O–H groups in total. The molecule has 0 saturated heterocycles. The third kappa shape index (κ3) is 3.29. The molecule has 0 aromatic carbocycles. The SMILES string of the molecule is CCC(N)(CC)Cn1c(C(C)(C)C)ccc(C#N)c1=O. The predicted octanol–water partition coefficient (Wildman–Crippen LogP) is 2.53. The molecule has 0 saturated carbocycles. The van der Waals surface area contributed by atoms with Crippen LogP contribution in [0.1, 0.15) is 58.7 Å². The first kappa shape index (κ1) is 16.5. The van der Waals surface area contributed by atoms with E-state index in [0.29, 0.717) is 6.54 Å². The topological polar surface area (TPSA) is 71.8 Å². The summed E-state index contributed by atoms with van der Waals surface area (Å²) in [7, 11) is 0. The lowest BCUT2D eigenvalue weighted by Gasteiger charge is -2.32. The van der Waals surface area contributed by atoms with Gasteiger partial charge in [0.05, 0.1) is 0 Å². The standard InChI is InChI=1S/C16H25N3O/c1-6-16(18,7-2)11-19-13(15(3,4)5)9-8-12(10-17)14(19)20/h8-9H,6-7,11,18H2,1-5H3. The summed E-state index contributed by atoms with van der Waals surface area (Å²) in [5, 5.41) is 9.05. The Bertz CT molecular complexity index is 569. The Hall–Kier alpha value is -1.60. The second-order valence-corrected chi connectivity index (χ2v) is 6.45. The first-order chi connectivity index (χ1) is 9.18. The molecule has 0 bridgehead atoms. The second-order valence-electron chi connectivity index (χ2n) is 6.45. The fourth-order valence-corrected chi connectivity index (χ4v) is 2.26. The highest BCUT2D eigenvalue weighted by Crippen LogP contribution is 2.23. The van der Waals surface area contributed by atoms with E-state index in [1.807, 2.05) is 26.0 Å². The molecule has 0 aliphatic rings. The molecule has 110 valence electrons. The minimum absolute atomic E-state index is 0.171. The van der Waals surface area contributed by atoms with Gasteiger partial charge in [0.1, 0.15) is 11.6 Å². The van der Waals surface area contributed by atoms with Crippen LogP contribution in [-0.2, 0) is 12.0 Å². The van der Waals surface area contributed by atoms with E-state index in [2.05, 4.69) is 20.8 Å². The van der Waals surface area contributed by atoms with E-state index in [1.54, 1.807) is 10.6 Å². The van der Waals surface area contributed by atoms with Crippen LogP contribution in [0.3, 0.4) is 0 Å². The van der Waals surface area contributed by atoms with Crippen molar-refractivity contribution in [1.82, 2.24) is 4.57 Å². The maximum Gasteiger partial charge on any atom is 0.268 e. The van der Waals surface area contributed by atoms with Gasteiger partial charge in [0.25, 0.3) is 5.56 Å². The van der Waals surface area contributed by atoms with Crippen molar-refractivity contribution in [1.29, 1.82) is 5.26 Å². The summed E-state index contributed by atoms with van der Waals surface area (Å²) < 4.78 is 1.69. The number of hydrogen-bond acceptors (Lipinski definition) is 3. The van der Waals surface area contributed by atoms with Gasteiger partial charge in [0.15, 0.2) is 0 Å². The molecule has 1 aromatic rings.